The van der Waals surface area contributed by atoms with Gasteiger partial charge in [-0.05, 0) is 42.5 Å². The summed E-state index contributed by atoms with van der Waals surface area (Å²) < 4.78 is 5.63. The van der Waals surface area contributed by atoms with Gasteiger partial charge in [0.25, 0.3) is 0 Å². The molecule has 4 nitrogen and oxygen atoms in total. The lowest BCUT2D eigenvalue weighted by molar-refractivity contribution is 0.460. The third-order valence-electron chi connectivity index (χ3n) is 2.92. The van der Waals surface area contributed by atoms with Gasteiger partial charge < -0.3 is 10.5 Å². The maximum Gasteiger partial charge on any atom is 0.239 e. The minimum absolute atomic E-state index is 0.365. The molecule has 0 unspecified atom stereocenters. The van der Waals surface area contributed by atoms with E-state index in [1.165, 1.54) is 30.2 Å². The minimum Gasteiger partial charge on any atom is -0.437 e. The molecule has 3 rings (SSSR count). The fourth-order valence-electron chi connectivity index (χ4n) is 2.14. The summed E-state index contributed by atoms with van der Waals surface area (Å²) in [5.41, 5.74) is 8.35. The number of benzene rings is 1. The summed E-state index contributed by atoms with van der Waals surface area (Å²) in [6, 6.07) is 6.17. The number of nitrogens with two attached hydrogens (primary N) is 1. The molecular formula is C13H13N3O. The molecule has 0 spiro atoms. The molecule has 1 aliphatic rings. The van der Waals surface area contributed by atoms with E-state index in [0.29, 0.717) is 11.7 Å². The van der Waals surface area contributed by atoms with Crippen LogP contribution >= 0.6 is 0 Å². The van der Waals surface area contributed by atoms with E-state index in [2.05, 4.69) is 22.1 Å². The molecule has 1 aromatic carbocycles. The SMILES string of the molecule is Nc1cncc(Oc2ccc3c(c2)CCC3)n1. The van der Waals surface area contributed by atoms with Crippen molar-refractivity contribution in [2.75, 3.05) is 5.73 Å². The van der Waals surface area contributed by atoms with Crippen LogP contribution in [0, 0.1) is 0 Å². The molecule has 0 fully saturated rings. The molecule has 1 aromatic heterocycles. The number of aryl methyl sites for hydroxylation is 2. The van der Waals surface area contributed by atoms with Crippen LogP contribution in [0.1, 0.15) is 17.5 Å². The quantitative estimate of drug-likeness (QED) is 0.855. The second-order valence-corrected chi connectivity index (χ2v) is 4.17. The lowest BCUT2D eigenvalue weighted by Crippen LogP contribution is -1.95. The summed E-state index contributed by atoms with van der Waals surface area (Å²) in [6.07, 6.45) is 6.60. The summed E-state index contributed by atoms with van der Waals surface area (Å²) >= 11 is 0. The summed E-state index contributed by atoms with van der Waals surface area (Å²) in [7, 11) is 0. The Kier molecular flexibility index (Phi) is 2.40. The Labute approximate surface area is 99.5 Å². The van der Waals surface area contributed by atoms with E-state index in [-0.39, 0.29) is 0 Å². The van der Waals surface area contributed by atoms with Crippen molar-refractivity contribution in [3.63, 3.8) is 0 Å². The number of anilines is 1. The average Bonchev–Trinajstić information content (AvgIpc) is 2.76. The van der Waals surface area contributed by atoms with Gasteiger partial charge in [0.15, 0.2) is 0 Å². The third kappa shape index (κ3) is 2.06. The first-order valence-electron chi connectivity index (χ1n) is 5.68. The third-order valence-corrected chi connectivity index (χ3v) is 2.92. The van der Waals surface area contributed by atoms with Gasteiger partial charge >= 0.3 is 0 Å². The zero-order valence-corrected chi connectivity index (χ0v) is 9.39. The molecule has 0 saturated heterocycles. The second kappa shape index (κ2) is 4.05. The number of rotatable bonds is 2. The van der Waals surface area contributed by atoms with Crippen molar-refractivity contribution in [3.8, 4) is 11.6 Å². The fourth-order valence-corrected chi connectivity index (χ4v) is 2.14. The average molecular weight is 227 g/mol. The van der Waals surface area contributed by atoms with Crippen LogP contribution in [0.4, 0.5) is 5.82 Å². The molecule has 4 heteroatoms. The van der Waals surface area contributed by atoms with E-state index in [0.717, 1.165) is 12.2 Å². The number of aromatic nitrogens is 2. The van der Waals surface area contributed by atoms with Crippen molar-refractivity contribution >= 4 is 5.82 Å². The molecule has 2 aromatic rings. The highest BCUT2D eigenvalue weighted by atomic mass is 16.5. The maximum absolute atomic E-state index is 5.63. The monoisotopic (exact) mass is 227 g/mol. The Morgan fingerprint density at radius 3 is 2.88 bits per heavy atom. The number of nitrogens with zero attached hydrogens (tertiary/aromatic N) is 2. The van der Waals surface area contributed by atoms with E-state index in [1.54, 1.807) is 6.20 Å². The molecule has 1 heterocycles. The first kappa shape index (κ1) is 10.1. The lowest BCUT2D eigenvalue weighted by atomic mass is 10.1. The van der Waals surface area contributed by atoms with Crippen LogP contribution < -0.4 is 10.5 Å². The number of nitrogen functional groups attached to an aromatic ring is 1. The number of fused-ring (bicyclic) bond motifs is 1. The summed E-state index contributed by atoms with van der Waals surface area (Å²) in [4.78, 5) is 8.00. The molecule has 17 heavy (non-hydrogen) atoms. The van der Waals surface area contributed by atoms with Crippen molar-refractivity contribution < 1.29 is 4.74 Å². The van der Waals surface area contributed by atoms with Crippen molar-refractivity contribution in [1.82, 2.24) is 9.97 Å². The molecule has 0 amide bonds. The Balaban J connectivity index is 1.86. The molecular weight excluding hydrogens is 214 g/mol. The van der Waals surface area contributed by atoms with Crippen LogP contribution in [-0.2, 0) is 12.8 Å². The Morgan fingerprint density at radius 2 is 2.00 bits per heavy atom. The zero-order valence-electron chi connectivity index (χ0n) is 9.39. The molecule has 2 N–H and O–H groups in total. The Bertz CT molecular complexity index is 554. The fraction of sp³-hybridized carbons (Fsp3) is 0.231. The van der Waals surface area contributed by atoms with Gasteiger partial charge in [-0.3, -0.25) is 4.98 Å². The second-order valence-electron chi connectivity index (χ2n) is 4.17. The smallest absolute Gasteiger partial charge is 0.239 e. The summed E-state index contributed by atoms with van der Waals surface area (Å²) in [5, 5.41) is 0. The number of hydrogen-bond donors (Lipinski definition) is 1. The van der Waals surface area contributed by atoms with Gasteiger partial charge in [0.05, 0.1) is 12.4 Å². The highest BCUT2D eigenvalue weighted by Gasteiger charge is 2.11. The maximum atomic E-state index is 5.63. The summed E-state index contributed by atoms with van der Waals surface area (Å²) in [5.74, 6) is 1.59. The van der Waals surface area contributed by atoms with Crippen LogP contribution in [-0.4, -0.2) is 9.97 Å². The lowest BCUT2D eigenvalue weighted by Gasteiger charge is -2.06. The van der Waals surface area contributed by atoms with Crippen molar-refractivity contribution in [3.05, 3.63) is 41.7 Å². The van der Waals surface area contributed by atoms with Crippen molar-refractivity contribution in [2.45, 2.75) is 19.3 Å². The van der Waals surface area contributed by atoms with Crippen LogP contribution in [0.2, 0.25) is 0 Å². The molecule has 0 atom stereocenters. The molecule has 1 aliphatic carbocycles. The zero-order chi connectivity index (χ0) is 11.7. The molecule has 0 bridgehead atoms. The highest BCUT2D eigenvalue weighted by molar-refractivity contribution is 5.40. The minimum atomic E-state index is 0.365. The topological polar surface area (TPSA) is 61.0 Å². The van der Waals surface area contributed by atoms with Crippen LogP contribution in [0.3, 0.4) is 0 Å². The molecule has 0 radical (unpaired) electrons. The van der Waals surface area contributed by atoms with E-state index in [1.807, 2.05) is 6.07 Å². The van der Waals surface area contributed by atoms with Gasteiger partial charge in [0.1, 0.15) is 11.6 Å². The van der Waals surface area contributed by atoms with Gasteiger partial charge in [-0.1, -0.05) is 6.07 Å². The largest absolute Gasteiger partial charge is 0.437 e. The van der Waals surface area contributed by atoms with Crippen LogP contribution in [0.15, 0.2) is 30.6 Å². The summed E-state index contributed by atoms with van der Waals surface area (Å²) in [6.45, 7) is 0. The van der Waals surface area contributed by atoms with E-state index in [4.69, 9.17) is 10.5 Å². The van der Waals surface area contributed by atoms with Crippen LogP contribution in [0.5, 0.6) is 11.6 Å². The normalized spacial score (nSPS) is 13.4. The van der Waals surface area contributed by atoms with E-state index >= 15 is 0 Å². The van der Waals surface area contributed by atoms with Crippen LogP contribution in [0.25, 0.3) is 0 Å². The van der Waals surface area contributed by atoms with Gasteiger partial charge in [0, 0.05) is 0 Å². The van der Waals surface area contributed by atoms with E-state index < -0.39 is 0 Å². The Hall–Kier alpha value is -2.10. The van der Waals surface area contributed by atoms with Crippen molar-refractivity contribution in [1.29, 1.82) is 0 Å². The van der Waals surface area contributed by atoms with Gasteiger partial charge in [-0.2, -0.15) is 4.98 Å². The van der Waals surface area contributed by atoms with Gasteiger partial charge in [-0.25, -0.2) is 0 Å². The molecule has 0 saturated carbocycles. The predicted octanol–water partition coefficient (Wildman–Crippen LogP) is 2.34. The van der Waals surface area contributed by atoms with E-state index in [9.17, 15) is 0 Å². The number of hydrogen-bond acceptors (Lipinski definition) is 4. The molecule has 86 valence electrons. The molecule has 0 aliphatic heterocycles. The standard InChI is InChI=1S/C13H13N3O/c14-12-7-15-8-13(16-12)17-11-5-4-9-2-1-3-10(9)6-11/h4-8H,1-3H2,(H2,14,16). The predicted molar refractivity (Wildman–Crippen MR) is 65.0 cm³/mol. The van der Waals surface area contributed by atoms with Gasteiger partial charge in [0.2, 0.25) is 5.88 Å². The van der Waals surface area contributed by atoms with Gasteiger partial charge in [-0.15, -0.1) is 0 Å². The Morgan fingerprint density at radius 1 is 1.12 bits per heavy atom. The number of ether oxygens (including phenoxy) is 1. The van der Waals surface area contributed by atoms with Crippen molar-refractivity contribution in [2.24, 2.45) is 0 Å². The highest BCUT2D eigenvalue weighted by Crippen LogP contribution is 2.28. The first-order chi connectivity index (χ1) is 8.31. The first-order valence-corrected chi connectivity index (χ1v) is 5.68.